The van der Waals surface area contributed by atoms with E-state index in [1.807, 2.05) is 0 Å². The maximum atomic E-state index is 10.9. The van der Waals surface area contributed by atoms with E-state index < -0.39 is 0 Å². The molecule has 0 atom stereocenters. The first-order chi connectivity index (χ1) is 6.24. The molecular formula is C11H13NO. The van der Waals surface area contributed by atoms with Gasteiger partial charge in [0.15, 0.2) is 0 Å². The predicted octanol–water partition coefficient (Wildman–Crippen LogP) is 2.10. The van der Waals surface area contributed by atoms with Gasteiger partial charge in [-0.1, -0.05) is 38.0 Å². The van der Waals surface area contributed by atoms with E-state index in [2.05, 4.69) is 25.1 Å². The predicted molar refractivity (Wildman–Crippen MR) is 56.0 cm³/mol. The Labute approximate surface area is 78.7 Å². The van der Waals surface area contributed by atoms with Crippen LogP contribution in [0, 0.1) is 0 Å². The number of hydrogen-bond donors (Lipinski definition) is 1. The number of hydrogen-bond acceptors (Lipinski definition) is 1. The number of allylic oxidation sites excluding steroid dienone is 5. The van der Waals surface area contributed by atoms with Gasteiger partial charge in [-0.25, -0.2) is 0 Å². The van der Waals surface area contributed by atoms with Gasteiger partial charge >= 0.3 is 0 Å². The van der Waals surface area contributed by atoms with Gasteiger partial charge in [0.1, 0.15) is 0 Å². The lowest BCUT2D eigenvalue weighted by atomic mass is 10.3. The molecule has 13 heavy (non-hydrogen) atoms. The van der Waals surface area contributed by atoms with Crippen molar-refractivity contribution in [2.75, 3.05) is 0 Å². The van der Waals surface area contributed by atoms with E-state index >= 15 is 0 Å². The third-order valence-corrected chi connectivity index (χ3v) is 1.16. The van der Waals surface area contributed by atoms with E-state index in [4.69, 9.17) is 0 Å². The summed E-state index contributed by atoms with van der Waals surface area (Å²) in [6.45, 7) is 10.4. The first-order valence-corrected chi connectivity index (χ1v) is 3.79. The number of carbonyl (C=O) groups excluding carboxylic acids is 1. The molecule has 0 bridgehead atoms. The fraction of sp³-hybridized carbons (Fsp3) is 0. The third kappa shape index (κ3) is 5.44. The average Bonchev–Trinajstić information content (AvgIpc) is 2.14. The zero-order valence-electron chi connectivity index (χ0n) is 7.49. The van der Waals surface area contributed by atoms with Crippen LogP contribution in [0.3, 0.4) is 0 Å². The van der Waals surface area contributed by atoms with Crippen LogP contribution in [-0.4, -0.2) is 5.91 Å². The molecule has 0 heterocycles. The Morgan fingerprint density at radius 3 is 2.31 bits per heavy atom. The molecule has 0 spiro atoms. The molecule has 0 radical (unpaired) electrons. The molecule has 0 aliphatic rings. The maximum Gasteiger partial charge on any atom is 0.247 e. The van der Waals surface area contributed by atoms with Gasteiger partial charge in [-0.2, -0.15) is 0 Å². The summed E-state index contributed by atoms with van der Waals surface area (Å²) in [5.74, 6) is -0.248. The highest BCUT2D eigenvalue weighted by Crippen LogP contribution is 1.93. The van der Waals surface area contributed by atoms with E-state index in [-0.39, 0.29) is 5.91 Å². The van der Waals surface area contributed by atoms with Crippen LogP contribution in [0.1, 0.15) is 0 Å². The quantitative estimate of drug-likeness (QED) is 0.503. The monoisotopic (exact) mass is 175 g/mol. The molecule has 2 heteroatoms. The third-order valence-electron chi connectivity index (χ3n) is 1.16. The molecule has 0 aromatic carbocycles. The van der Waals surface area contributed by atoms with Crippen molar-refractivity contribution in [2.45, 2.75) is 0 Å². The molecule has 0 saturated carbocycles. The van der Waals surface area contributed by atoms with Crippen LogP contribution in [0.4, 0.5) is 0 Å². The Kier molecular flexibility index (Phi) is 5.89. The van der Waals surface area contributed by atoms with Gasteiger partial charge in [-0.15, -0.1) is 0 Å². The summed E-state index contributed by atoms with van der Waals surface area (Å²) >= 11 is 0. The smallest absolute Gasteiger partial charge is 0.247 e. The Morgan fingerprint density at radius 2 is 1.85 bits per heavy atom. The highest BCUT2D eigenvalue weighted by atomic mass is 16.1. The summed E-state index contributed by atoms with van der Waals surface area (Å²) in [6.07, 6.45) is 9.54. The van der Waals surface area contributed by atoms with Crippen molar-refractivity contribution in [3.8, 4) is 0 Å². The van der Waals surface area contributed by atoms with Crippen molar-refractivity contribution in [1.82, 2.24) is 5.32 Å². The molecule has 68 valence electrons. The van der Waals surface area contributed by atoms with Gasteiger partial charge in [0, 0.05) is 5.70 Å². The van der Waals surface area contributed by atoms with Gasteiger partial charge in [0.05, 0.1) is 0 Å². The zero-order valence-corrected chi connectivity index (χ0v) is 7.49. The second-order valence-electron chi connectivity index (χ2n) is 2.15. The van der Waals surface area contributed by atoms with Crippen molar-refractivity contribution in [3.05, 3.63) is 61.9 Å². The molecule has 0 aromatic rings. The second kappa shape index (κ2) is 6.85. The summed E-state index contributed by atoms with van der Waals surface area (Å²) in [5, 5.41) is 2.60. The average molecular weight is 175 g/mol. The second-order valence-corrected chi connectivity index (χ2v) is 2.15. The van der Waals surface area contributed by atoms with E-state index in [0.717, 1.165) is 0 Å². The minimum absolute atomic E-state index is 0.248. The lowest BCUT2D eigenvalue weighted by Crippen LogP contribution is -2.18. The molecule has 0 aliphatic carbocycles. The lowest BCUT2D eigenvalue weighted by Gasteiger charge is -2.00. The summed E-state index contributed by atoms with van der Waals surface area (Å²) in [7, 11) is 0. The zero-order chi connectivity index (χ0) is 10.1. The van der Waals surface area contributed by atoms with Crippen LogP contribution >= 0.6 is 0 Å². The Morgan fingerprint density at radius 1 is 1.15 bits per heavy atom. The van der Waals surface area contributed by atoms with Crippen molar-refractivity contribution >= 4 is 5.91 Å². The number of carbonyl (C=O) groups is 1. The largest absolute Gasteiger partial charge is 0.323 e. The highest BCUT2D eigenvalue weighted by molar-refractivity contribution is 5.88. The van der Waals surface area contributed by atoms with Crippen LogP contribution in [0.25, 0.3) is 0 Å². The van der Waals surface area contributed by atoms with E-state index in [9.17, 15) is 4.79 Å². The maximum absolute atomic E-state index is 10.9. The fourth-order valence-corrected chi connectivity index (χ4v) is 0.631. The molecule has 0 rings (SSSR count). The molecule has 1 N–H and O–H groups in total. The van der Waals surface area contributed by atoms with Crippen LogP contribution in [0.5, 0.6) is 0 Å². The molecule has 0 fully saturated rings. The topological polar surface area (TPSA) is 29.1 Å². The molecule has 0 unspecified atom stereocenters. The minimum atomic E-state index is -0.248. The van der Waals surface area contributed by atoms with Crippen LogP contribution < -0.4 is 5.32 Å². The Hall–Kier alpha value is -1.83. The van der Waals surface area contributed by atoms with Crippen molar-refractivity contribution in [3.63, 3.8) is 0 Å². The Bertz CT molecular complexity index is 272. The summed E-state index contributed by atoms with van der Waals surface area (Å²) in [6, 6.07) is 0. The highest BCUT2D eigenvalue weighted by Gasteiger charge is 1.94. The van der Waals surface area contributed by atoms with E-state index in [1.54, 1.807) is 30.4 Å². The summed E-state index contributed by atoms with van der Waals surface area (Å²) in [5.41, 5.74) is 0.653. The summed E-state index contributed by atoms with van der Waals surface area (Å²) in [4.78, 5) is 10.9. The van der Waals surface area contributed by atoms with Gasteiger partial charge in [0.2, 0.25) is 5.91 Å². The van der Waals surface area contributed by atoms with Crippen molar-refractivity contribution < 1.29 is 4.79 Å². The van der Waals surface area contributed by atoms with E-state index in [0.29, 0.717) is 5.70 Å². The van der Waals surface area contributed by atoms with Gasteiger partial charge in [-0.3, -0.25) is 4.79 Å². The normalized spacial score (nSPS) is 10.9. The number of rotatable bonds is 5. The van der Waals surface area contributed by atoms with Gasteiger partial charge in [-0.05, 0) is 18.2 Å². The van der Waals surface area contributed by atoms with Gasteiger partial charge < -0.3 is 5.32 Å². The molecule has 1 amide bonds. The number of amides is 1. The van der Waals surface area contributed by atoms with Crippen LogP contribution in [0.15, 0.2) is 61.9 Å². The summed E-state index contributed by atoms with van der Waals surface area (Å²) < 4.78 is 0. The minimum Gasteiger partial charge on any atom is -0.323 e. The molecular weight excluding hydrogens is 162 g/mol. The standard InChI is InChI=1S/C11H13NO/c1-4-7-9-10(8-5-2)12-11(13)6-3/h4-9H,1-3H2,(H,12,13)/b9-7-,10-8+. The molecule has 0 aliphatic heterocycles. The van der Waals surface area contributed by atoms with Gasteiger partial charge in [0.25, 0.3) is 0 Å². The molecule has 0 aromatic heterocycles. The number of nitrogens with one attached hydrogen (secondary N) is 1. The lowest BCUT2D eigenvalue weighted by molar-refractivity contribution is -0.115. The molecule has 2 nitrogen and oxygen atoms in total. The fourth-order valence-electron chi connectivity index (χ4n) is 0.631. The first-order valence-electron chi connectivity index (χ1n) is 3.79. The first kappa shape index (κ1) is 11.2. The van der Waals surface area contributed by atoms with E-state index in [1.165, 1.54) is 6.08 Å². The van der Waals surface area contributed by atoms with Crippen molar-refractivity contribution in [2.24, 2.45) is 0 Å². The van der Waals surface area contributed by atoms with Crippen LogP contribution in [0.2, 0.25) is 0 Å². The van der Waals surface area contributed by atoms with Crippen LogP contribution in [-0.2, 0) is 4.79 Å². The van der Waals surface area contributed by atoms with Crippen molar-refractivity contribution in [1.29, 1.82) is 0 Å². The SMILES string of the molecule is C=C/C=C\C(=C/C=C)NC(=O)C=C. The molecule has 0 saturated heterocycles. The Balaban J connectivity index is 4.43.